The van der Waals surface area contributed by atoms with Crippen molar-refractivity contribution >= 4 is 11.8 Å². The van der Waals surface area contributed by atoms with Gasteiger partial charge in [-0.15, -0.1) is 0 Å². The molecular weight excluding hydrogens is 266 g/mol. The number of hydrogen-bond acceptors (Lipinski definition) is 3. The van der Waals surface area contributed by atoms with Crippen molar-refractivity contribution in [1.29, 1.82) is 0 Å². The zero-order valence-electron chi connectivity index (χ0n) is 12.5. The van der Waals surface area contributed by atoms with Crippen LogP contribution >= 0.6 is 0 Å². The third-order valence-corrected chi connectivity index (χ3v) is 4.19. The van der Waals surface area contributed by atoms with Crippen molar-refractivity contribution in [1.82, 2.24) is 4.90 Å². The topological polar surface area (TPSA) is 57.6 Å². The van der Waals surface area contributed by atoms with Gasteiger partial charge in [0, 0.05) is 25.1 Å². The summed E-state index contributed by atoms with van der Waals surface area (Å²) in [6, 6.07) is 7.76. The van der Waals surface area contributed by atoms with Crippen LogP contribution < -0.4 is 0 Å². The van der Waals surface area contributed by atoms with Gasteiger partial charge in [-0.05, 0) is 31.4 Å². The Bertz CT molecular complexity index is 495. The van der Waals surface area contributed by atoms with E-state index in [9.17, 15) is 9.59 Å². The van der Waals surface area contributed by atoms with E-state index in [1.165, 1.54) is 5.56 Å². The second-order valence-corrected chi connectivity index (χ2v) is 5.70. The van der Waals surface area contributed by atoms with Crippen molar-refractivity contribution in [3.63, 3.8) is 0 Å². The van der Waals surface area contributed by atoms with Crippen LogP contribution in [0.4, 0.5) is 0 Å². The first-order valence-corrected chi connectivity index (χ1v) is 7.67. The number of ketones is 1. The molecular formula is C17H23NO3. The molecule has 0 aromatic heterocycles. The van der Waals surface area contributed by atoms with E-state index in [4.69, 9.17) is 5.11 Å². The highest BCUT2D eigenvalue weighted by Crippen LogP contribution is 2.17. The fraction of sp³-hybridized carbons (Fsp3) is 0.529. The summed E-state index contributed by atoms with van der Waals surface area (Å²) in [6.07, 6.45) is 3.07. The van der Waals surface area contributed by atoms with Crippen LogP contribution in [0.3, 0.4) is 0 Å². The number of piperidine rings is 1. The number of likely N-dealkylation sites (tertiary alicyclic amines) is 1. The van der Waals surface area contributed by atoms with Crippen molar-refractivity contribution in [3.8, 4) is 0 Å². The summed E-state index contributed by atoms with van der Waals surface area (Å²) in [5, 5.41) is 9.07. The van der Waals surface area contributed by atoms with Crippen LogP contribution in [0.2, 0.25) is 0 Å². The van der Waals surface area contributed by atoms with Crippen LogP contribution in [0.15, 0.2) is 24.3 Å². The number of carbonyl (C=O) groups excluding carboxylic acids is 1. The van der Waals surface area contributed by atoms with E-state index in [-0.39, 0.29) is 11.7 Å². The van der Waals surface area contributed by atoms with Crippen LogP contribution in [-0.4, -0.2) is 41.4 Å². The molecule has 1 saturated heterocycles. The molecule has 0 saturated carbocycles. The van der Waals surface area contributed by atoms with Crippen LogP contribution in [0.5, 0.6) is 0 Å². The molecule has 1 fully saturated rings. The number of carbonyl (C=O) groups is 2. The third kappa shape index (κ3) is 4.39. The van der Waals surface area contributed by atoms with E-state index < -0.39 is 5.97 Å². The molecule has 0 aliphatic carbocycles. The molecule has 4 nitrogen and oxygen atoms in total. The molecule has 0 radical (unpaired) electrons. The second kappa shape index (κ2) is 7.36. The highest BCUT2D eigenvalue weighted by atomic mass is 16.4. The number of aryl methyl sites for hydroxylation is 1. The molecule has 4 heteroatoms. The quantitative estimate of drug-likeness (QED) is 0.818. The SMILES string of the molecule is CCc1ccc(C(=O)CCN2CCCC(C(=O)O)C2)cc1. The first kappa shape index (κ1) is 15.7. The van der Waals surface area contributed by atoms with Gasteiger partial charge in [-0.2, -0.15) is 0 Å². The van der Waals surface area contributed by atoms with Gasteiger partial charge in [0.2, 0.25) is 0 Å². The average molecular weight is 289 g/mol. The minimum Gasteiger partial charge on any atom is -0.481 e. The molecule has 1 aromatic carbocycles. The van der Waals surface area contributed by atoms with E-state index >= 15 is 0 Å². The number of aliphatic carboxylic acids is 1. The number of Topliss-reactive ketones (excluding diaryl/α,β-unsaturated/α-hetero) is 1. The summed E-state index contributed by atoms with van der Waals surface area (Å²) in [4.78, 5) is 25.3. The predicted octanol–water partition coefficient (Wildman–Crippen LogP) is 2.62. The van der Waals surface area contributed by atoms with Gasteiger partial charge in [0.25, 0.3) is 0 Å². The molecule has 0 spiro atoms. The second-order valence-electron chi connectivity index (χ2n) is 5.70. The fourth-order valence-corrected chi connectivity index (χ4v) is 2.79. The van der Waals surface area contributed by atoms with Gasteiger partial charge < -0.3 is 10.0 Å². The number of hydrogen-bond donors (Lipinski definition) is 1. The molecule has 2 rings (SSSR count). The van der Waals surface area contributed by atoms with Crippen molar-refractivity contribution in [2.24, 2.45) is 5.92 Å². The lowest BCUT2D eigenvalue weighted by Crippen LogP contribution is -2.39. The molecule has 1 unspecified atom stereocenters. The first-order chi connectivity index (χ1) is 10.1. The maximum Gasteiger partial charge on any atom is 0.307 e. The van der Waals surface area contributed by atoms with Crippen molar-refractivity contribution in [2.45, 2.75) is 32.6 Å². The molecule has 0 amide bonds. The number of benzene rings is 1. The molecule has 1 aliphatic heterocycles. The maximum atomic E-state index is 12.2. The number of rotatable bonds is 6. The molecule has 1 N–H and O–H groups in total. The Hall–Kier alpha value is -1.68. The Morgan fingerprint density at radius 1 is 1.29 bits per heavy atom. The summed E-state index contributed by atoms with van der Waals surface area (Å²) in [5.41, 5.74) is 1.98. The summed E-state index contributed by atoms with van der Waals surface area (Å²) >= 11 is 0. The molecule has 1 atom stereocenters. The Kier molecular flexibility index (Phi) is 5.51. The normalized spacial score (nSPS) is 19.4. The van der Waals surface area contributed by atoms with Crippen LogP contribution in [0.25, 0.3) is 0 Å². The van der Waals surface area contributed by atoms with Gasteiger partial charge in [-0.3, -0.25) is 9.59 Å². The highest BCUT2D eigenvalue weighted by molar-refractivity contribution is 5.96. The zero-order chi connectivity index (χ0) is 15.2. The molecule has 1 aromatic rings. The number of nitrogens with zero attached hydrogens (tertiary/aromatic N) is 1. The van der Waals surface area contributed by atoms with Crippen LogP contribution in [0, 0.1) is 5.92 Å². The standard InChI is InChI=1S/C17H23NO3/c1-2-13-5-7-14(8-6-13)16(19)9-11-18-10-3-4-15(12-18)17(20)21/h5-8,15H,2-4,9-12H2,1H3,(H,20,21). The predicted molar refractivity (Wildman–Crippen MR) is 81.6 cm³/mol. The number of carboxylic acids is 1. The first-order valence-electron chi connectivity index (χ1n) is 7.67. The van der Waals surface area contributed by atoms with E-state index in [0.29, 0.717) is 19.5 Å². The fourth-order valence-electron chi connectivity index (χ4n) is 2.79. The third-order valence-electron chi connectivity index (χ3n) is 4.19. The smallest absolute Gasteiger partial charge is 0.307 e. The monoisotopic (exact) mass is 289 g/mol. The summed E-state index contributed by atoms with van der Waals surface area (Å²) in [6.45, 7) is 4.20. The van der Waals surface area contributed by atoms with Crippen LogP contribution in [0.1, 0.15) is 42.1 Å². The lowest BCUT2D eigenvalue weighted by atomic mass is 9.97. The summed E-state index contributed by atoms with van der Waals surface area (Å²) in [7, 11) is 0. The van der Waals surface area contributed by atoms with Crippen molar-refractivity contribution in [2.75, 3.05) is 19.6 Å². The van der Waals surface area contributed by atoms with E-state index in [1.54, 1.807) is 0 Å². The minimum absolute atomic E-state index is 0.134. The lowest BCUT2D eigenvalue weighted by molar-refractivity contribution is -0.143. The summed E-state index contributed by atoms with van der Waals surface area (Å²) < 4.78 is 0. The van der Waals surface area contributed by atoms with Gasteiger partial charge in [-0.1, -0.05) is 31.2 Å². The van der Waals surface area contributed by atoms with Gasteiger partial charge in [0.05, 0.1) is 5.92 Å². The molecule has 1 heterocycles. The lowest BCUT2D eigenvalue weighted by Gasteiger charge is -2.30. The number of carboxylic acid groups (broad SMARTS) is 1. The Morgan fingerprint density at radius 2 is 2.00 bits per heavy atom. The molecule has 114 valence electrons. The zero-order valence-corrected chi connectivity index (χ0v) is 12.5. The van der Waals surface area contributed by atoms with Gasteiger partial charge in [0.15, 0.2) is 5.78 Å². The van der Waals surface area contributed by atoms with Crippen molar-refractivity contribution in [3.05, 3.63) is 35.4 Å². The van der Waals surface area contributed by atoms with E-state index in [2.05, 4.69) is 11.8 Å². The van der Waals surface area contributed by atoms with E-state index in [0.717, 1.165) is 31.4 Å². The molecule has 0 bridgehead atoms. The maximum absolute atomic E-state index is 12.2. The van der Waals surface area contributed by atoms with Gasteiger partial charge in [0.1, 0.15) is 0 Å². The van der Waals surface area contributed by atoms with E-state index in [1.807, 2.05) is 24.3 Å². The molecule has 1 aliphatic rings. The Balaban J connectivity index is 1.84. The average Bonchev–Trinajstić information content (AvgIpc) is 2.53. The van der Waals surface area contributed by atoms with Crippen molar-refractivity contribution < 1.29 is 14.7 Å². The highest BCUT2D eigenvalue weighted by Gasteiger charge is 2.25. The van der Waals surface area contributed by atoms with Crippen LogP contribution in [-0.2, 0) is 11.2 Å². The minimum atomic E-state index is -0.721. The Morgan fingerprint density at radius 3 is 2.62 bits per heavy atom. The molecule has 21 heavy (non-hydrogen) atoms. The van der Waals surface area contributed by atoms with Gasteiger partial charge in [-0.25, -0.2) is 0 Å². The largest absolute Gasteiger partial charge is 0.481 e. The Labute approximate surface area is 125 Å². The summed E-state index contributed by atoms with van der Waals surface area (Å²) in [5.74, 6) is -0.867. The van der Waals surface area contributed by atoms with Gasteiger partial charge >= 0.3 is 5.97 Å².